The molecule has 0 N–H and O–H groups in total. The average molecular weight is 317 g/mol. The van der Waals surface area contributed by atoms with Gasteiger partial charge in [0.25, 0.3) is 5.91 Å². The van der Waals surface area contributed by atoms with E-state index in [0.29, 0.717) is 15.8 Å². The molecule has 0 radical (unpaired) electrons. The van der Waals surface area contributed by atoms with E-state index in [-0.39, 0.29) is 5.91 Å². The van der Waals surface area contributed by atoms with Gasteiger partial charge in [-0.2, -0.15) is 0 Å². The third-order valence-electron chi connectivity index (χ3n) is 3.38. The molecular formula is C14H18Cl2N2O2. The molecule has 1 amide bonds. The Morgan fingerprint density at radius 1 is 1.25 bits per heavy atom. The van der Waals surface area contributed by atoms with Crippen LogP contribution in [0.25, 0.3) is 0 Å². The summed E-state index contributed by atoms with van der Waals surface area (Å²) < 4.78 is 5.65. The summed E-state index contributed by atoms with van der Waals surface area (Å²) in [7, 11) is 2.05. The van der Waals surface area contributed by atoms with Crippen LogP contribution in [0.3, 0.4) is 0 Å². The van der Waals surface area contributed by atoms with Crippen molar-refractivity contribution in [1.82, 2.24) is 9.80 Å². The Morgan fingerprint density at radius 3 is 2.55 bits per heavy atom. The zero-order valence-corrected chi connectivity index (χ0v) is 13.1. The van der Waals surface area contributed by atoms with Crippen molar-refractivity contribution in [3.63, 3.8) is 0 Å². The molecule has 0 aromatic heterocycles. The number of piperazine rings is 1. The fraction of sp³-hybridized carbons (Fsp3) is 0.500. The van der Waals surface area contributed by atoms with Crippen molar-refractivity contribution in [1.29, 1.82) is 0 Å². The highest BCUT2D eigenvalue weighted by atomic mass is 35.5. The molecule has 110 valence electrons. The SMILES string of the molecule is CC(Oc1cccc(Cl)c1Cl)C(=O)N1CCN(C)CC1. The first-order valence-electron chi connectivity index (χ1n) is 6.57. The number of amides is 1. The third-order valence-corrected chi connectivity index (χ3v) is 4.18. The van der Waals surface area contributed by atoms with E-state index >= 15 is 0 Å². The van der Waals surface area contributed by atoms with Crippen LogP contribution in [-0.2, 0) is 4.79 Å². The number of carbonyl (C=O) groups is 1. The summed E-state index contributed by atoms with van der Waals surface area (Å²) in [4.78, 5) is 16.3. The van der Waals surface area contributed by atoms with Gasteiger partial charge in [0.15, 0.2) is 6.10 Å². The summed E-state index contributed by atoms with van der Waals surface area (Å²) in [5.41, 5.74) is 0. The minimum Gasteiger partial charge on any atom is -0.479 e. The maximum atomic E-state index is 12.3. The van der Waals surface area contributed by atoms with Crippen LogP contribution in [0, 0.1) is 0 Å². The zero-order chi connectivity index (χ0) is 14.7. The van der Waals surface area contributed by atoms with Crippen molar-refractivity contribution >= 4 is 29.1 Å². The van der Waals surface area contributed by atoms with Crippen molar-refractivity contribution in [2.24, 2.45) is 0 Å². The Balaban J connectivity index is 1.99. The second kappa shape index (κ2) is 6.66. The van der Waals surface area contributed by atoms with Crippen molar-refractivity contribution in [3.8, 4) is 5.75 Å². The van der Waals surface area contributed by atoms with E-state index in [1.54, 1.807) is 25.1 Å². The lowest BCUT2D eigenvalue weighted by Gasteiger charge is -2.33. The van der Waals surface area contributed by atoms with Crippen LogP contribution in [0.1, 0.15) is 6.92 Å². The molecule has 2 rings (SSSR count). The average Bonchev–Trinajstić information content (AvgIpc) is 2.44. The topological polar surface area (TPSA) is 32.8 Å². The van der Waals surface area contributed by atoms with Crippen LogP contribution < -0.4 is 4.74 Å². The lowest BCUT2D eigenvalue weighted by atomic mass is 10.2. The Morgan fingerprint density at radius 2 is 1.90 bits per heavy atom. The summed E-state index contributed by atoms with van der Waals surface area (Å²) in [6.07, 6.45) is -0.575. The first kappa shape index (κ1) is 15.4. The lowest BCUT2D eigenvalue weighted by molar-refractivity contribution is -0.139. The van der Waals surface area contributed by atoms with E-state index in [1.165, 1.54) is 0 Å². The van der Waals surface area contributed by atoms with Crippen LogP contribution in [0.4, 0.5) is 0 Å². The number of hydrogen-bond donors (Lipinski definition) is 0. The normalized spacial score (nSPS) is 17.9. The van der Waals surface area contributed by atoms with Gasteiger partial charge in [0.1, 0.15) is 10.8 Å². The minimum absolute atomic E-state index is 0.0193. The van der Waals surface area contributed by atoms with Crippen LogP contribution >= 0.6 is 23.2 Å². The predicted octanol–water partition coefficient (Wildman–Crippen LogP) is 2.53. The van der Waals surface area contributed by atoms with E-state index in [2.05, 4.69) is 4.90 Å². The molecule has 0 bridgehead atoms. The fourth-order valence-electron chi connectivity index (χ4n) is 2.10. The molecule has 1 aromatic rings. The van der Waals surface area contributed by atoms with E-state index in [0.717, 1.165) is 26.2 Å². The maximum absolute atomic E-state index is 12.3. The first-order valence-corrected chi connectivity index (χ1v) is 7.32. The molecule has 1 heterocycles. The van der Waals surface area contributed by atoms with Crippen LogP contribution in [-0.4, -0.2) is 55.0 Å². The Kier molecular flexibility index (Phi) is 5.13. The van der Waals surface area contributed by atoms with Crippen LogP contribution in [0.2, 0.25) is 10.0 Å². The number of nitrogens with zero attached hydrogens (tertiary/aromatic N) is 2. The maximum Gasteiger partial charge on any atom is 0.263 e. The van der Waals surface area contributed by atoms with Gasteiger partial charge in [-0.05, 0) is 26.1 Å². The van der Waals surface area contributed by atoms with E-state index in [1.807, 2.05) is 11.9 Å². The van der Waals surface area contributed by atoms with Crippen molar-refractivity contribution in [2.45, 2.75) is 13.0 Å². The molecule has 6 heteroatoms. The lowest BCUT2D eigenvalue weighted by Crippen LogP contribution is -2.50. The molecule has 1 atom stereocenters. The largest absolute Gasteiger partial charge is 0.479 e. The Labute approximate surface area is 129 Å². The number of halogens is 2. The summed E-state index contributed by atoms with van der Waals surface area (Å²) in [6, 6.07) is 5.14. The Hall–Kier alpha value is -0.970. The summed E-state index contributed by atoms with van der Waals surface area (Å²) in [5, 5.41) is 0.760. The van der Waals surface area contributed by atoms with Gasteiger partial charge in [-0.3, -0.25) is 4.79 Å². The standard InChI is InChI=1S/C14H18Cl2N2O2/c1-10(14(19)18-8-6-17(2)7-9-18)20-12-5-3-4-11(15)13(12)16/h3-5,10H,6-9H2,1-2H3. The fourth-order valence-corrected chi connectivity index (χ4v) is 2.44. The van der Waals surface area contributed by atoms with E-state index in [9.17, 15) is 4.79 Å². The first-order chi connectivity index (χ1) is 9.49. The quantitative estimate of drug-likeness (QED) is 0.859. The van der Waals surface area contributed by atoms with Crippen molar-refractivity contribution in [3.05, 3.63) is 28.2 Å². The van der Waals surface area contributed by atoms with Crippen molar-refractivity contribution in [2.75, 3.05) is 33.2 Å². The summed E-state index contributed by atoms with van der Waals surface area (Å²) in [5.74, 6) is 0.420. The highest BCUT2D eigenvalue weighted by Gasteiger charge is 2.25. The molecule has 1 unspecified atom stereocenters. The number of hydrogen-bond acceptors (Lipinski definition) is 3. The molecule has 1 aliphatic rings. The van der Waals surface area contributed by atoms with E-state index in [4.69, 9.17) is 27.9 Å². The van der Waals surface area contributed by atoms with Crippen molar-refractivity contribution < 1.29 is 9.53 Å². The summed E-state index contributed by atoms with van der Waals surface area (Å²) in [6.45, 7) is 4.96. The Bertz CT molecular complexity index is 488. The van der Waals surface area contributed by atoms with Gasteiger partial charge in [-0.25, -0.2) is 0 Å². The molecule has 1 aromatic carbocycles. The highest BCUT2D eigenvalue weighted by Crippen LogP contribution is 2.32. The van der Waals surface area contributed by atoms with Gasteiger partial charge in [-0.15, -0.1) is 0 Å². The van der Waals surface area contributed by atoms with Gasteiger partial charge in [0.05, 0.1) is 5.02 Å². The van der Waals surface area contributed by atoms with Gasteiger partial charge < -0.3 is 14.5 Å². The van der Waals surface area contributed by atoms with Crippen LogP contribution in [0.5, 0.6) is 5.75 Å². The number of carbonyl (C=O) groups excluding carboxylic acids is 1. The predicted molar refractivity (Wildman–Crippen MR) is 80.6 cm³/mol. The zero-order valence-electron chi connectivity index (χ0n) is 11.6. The third kappa shape index (κ3) is 3.57. The molecule has 0 spiro atoms. The number of likely N-dealkylation sites (N-methyl/N-ethyl adjacent to an activating group) is 1. The molecule has 1 aliphatic heterocycles. The van der Waals surface area contributed by atoms with Gasteiger partial charge >= 0.3 is 0 Å². The van der Waals surface area contributed by atoms with Gasteiger partial charge in [0, 0.05) is 26.2 Å². The molecule has 1 fully saturated rings. The molecular weight excluding hydrogens is 299 g/mol. The van der Waals surface area contributed by atoms with Crippen LogP contribution in [0.15, 0.2) is 18.2 Å². The minimum atomic E-state index is -0.575. The summed E-state index contributed by atoms with van der Waals surface area (Å²) >= 11 is 12.0. The molecule has 4 nitrogen and oxygen atoms in total. The molecule has 20 heavy (non-hydrogen) atoms. The molecule has 0 aliphatic carbocycles. The highest BCUT2D eigenvalue weighted by molar-refractivity contribution is 6.42. The molecule has 1 saturated heterocycles. The number of benzene rings is 1. The second-order valence-electron chi connectivity index (χ2n) is 4.94. The second-order valence-corrected chi connectivity index (χ2v) is 5.73. The van der Waals surface area contributed by atoms with E-state index < -0.39 is 6.10 Å². The monoisotopic (exact) mass is 316 g/mol. The molecule has 0 saturated carbocycles. The number of rotatable bonds is 3. The van der Waals surface area contributed by atoms with Gasteiger partial charge in [0.2, 0.25) is 0 Å². The van der Waals surface area contributed by atoms with Gasteiger partial charge in [-0.1, -0.05) is 29.3 Å². The number of ether oxygens (including phenoxy) is 1. The smallest absolute Gasteiger partial charge is 0.263 e.